The Balaban J connectivity index is 1.94. The zero-order chi connectivity index (χ0) is 8.44. The van der Waals surface area contributed by atoms with Crippen LogP contribution in [0.25, 0.3) is 0 Å². The molecule has 2 unspecified atom stereocenters. The van der Waals surface area contributed by atoms with Gasteiger partial charge in [-0.1, -0.05) is 0 Å². The molecule has 2 heterocycles. The van der Waals surface area contributed by atoms with Crippen molar-refractivity contribution in [2.45, 2.75) is 24.7 Å². The molecule has 1 spiro atoms. The Morgan fingerprint density at radius 3 is 3.08 bits per heavy atom. The summed E-state index contributed by atoms with van der Waals surface area (Å²) in [5, 5.41) is 0. The second kappa shape index (κ2) is 3.74. The summed E-state index contributed by atoms with van der Waals surface area (Å²) in [5.74, 6) is 2.48. The van der Waals surface area contributed by atoms with E-state index in [0.29, 0.717) is 12.5 Å². The number of hydrogen-bond acceptors (Lipinski definition) is 3. The highest BCUT2D eigenvalue weighted by Crippen LogP contribution is 2.36. The Kier molecular flexibility index (Phi) is 2.85. The lowest BCUT2D eigenvalue weighted by Gasteiger charge is -2.31. The van der Waals surface area contributed by atoms with E-state index in [0.717, 1.165) is 12.2 Å². The van der Waals surface area contributed by atoms with Crippen LogP contribution in [0.1, 0.15) is 12.8 Å². The first kappa shape index (κ1) is 9.13. The maximum atomic E-state index is 5.76. The third kappa shape index (κ3) is 1.74. The van der Waals surface area contributed by atoms with Gasteiger partial charge < -0.3 is 9.47 Å². The van der Waals surface area contributed by atoms with Crippen LogP contribution in [-0.4, -0.2) is 35.9 Å². The summed E-state index contributed by atoms with van der Waals surface area (Å²) in [6, 6.07) is 0. The Bertz CT molecular complexity index is 159. The molecule has 0 saturated carbocycles. The summed E-state index contributed by atoms with van der Waals surface area (Å²) in [7, 11) is 0. The van der Waals surface area contributed by atoms with Crippen LogP contribution in [0.4, 0.5) is 0 Å². The van der Waals surface area contributed by atoms with E-state index in [1.54, 1.807) is 0 Å². The number of halogens is 1. The fourth-order valence-electron chi connectivity index (χ4n) is 1.64. The monoisotopic (exact) mass is 208 g/mol. The van der Waals surface area contributed by atoms with Crippen molar-refractivity contribution >= 4 is 23.4 Å². The lowest BCUT2D eigenvalue weighted by atomic mass is 10.2. The number of hydrogen-bond donors (Lipinski definition) is 0. The Morgan fingerprint density at radius 2 is 2.50 bits per heavy atom. The van der Waals surface area contributed by atoms with Crippen molar-refractivity contribution in [2.75, 3.05) is 24.0 Å². The topological polar surface area (TPSA) is 18.5 Å². The third-order valence-electron chi connectivity index (χ3n) is 2.25. The summed E-state index contributed by atoms with van der Waals surface area (Å²) < 4.78 is 11.4. The number of alkyl halides is 1. The zero-order valence-electron chi connectivity index (χ0n) is 6.92. The Labute approximate surface area is 81.9 Å². The predicted molar refractivity (Wildman–Crippen MR) is 50.8 cm³/mol. The summed E-state index contributed by atoms with van der Waals surface area (Å²) >= 11 is 7.61. The van der Waals surface area contributed by atoms with Crippen LogP contribution in [0.3, 0.4) is 0 Å². The highest BCUT2D eigenvalue weighted by molar-refractivity contribution is 7.99. The van der Waals surface area contributed by atoms with Crippen LogP contribution >= 0.6 is 23.4 Å². The van der Waals surface area contributed by atoms with Crippen molar-refractivity contribution in [2.24, 2.45) is 0 Å². The molecule has 70 valence electrons. The van der Waals surface area contributed by atoms with Gasteiger partial charge in [0.2, 0.25) is 0 Å². The minimum atomic E-state index is -0.275. The van der Waals surface area contributed by atoms with Gasteiger partial charge in [-0.05, 0) is 12.2 Å². The SMILES string of the molecule is ClCC1COC2(CCCSC2)O1. The van der Waals surface area contributed by atoms with Crippen LogP contribution in [0, 0.1) is 0 Å². The normalized spacial score (nSPS) is 42.2. The van der Waals surface area contributed by atoms with Gasteiger partial charge in [0.25, 0.3) is 0 Å². The van der Waals surface area contributed by atoms with Crippen LogP contribution in [0.15, 0.2) is 0 Å². The van der Waals surface area contributed by atoms with Gasteiger partial charge in [0, 0.05) is 12.2 Å². The number of ether oxygens (including phenoxy) is 2. The fraction of sp³-hybridized carbons (Fsp3) is 1.00. The van der Waals surface area contributed by atoms with Crippen molar-refractivity contribution in [3.05, 3.63) is 0 Å². The van der Waals surface area contributed by atoms with Crippen LogP contribution in [0.5, 0.6) is 0 Å². The van der Waals surface area contributed by atoms with Crippen molar-refractivity contribution < 1.29 is 9.47 Å². The summed E-state index contributed by atoms with van der Waals surface area (Å²) in [5.41, 5.74) is 0. The molecule has 2 aliphatic heterocycles. The van der Waals surface area contributed by atoms with Gasteiger partial charge in [-0.15, -0.1) is 11.6 Å². The average molecular weight is 209 g/mol. The lowest BCUT2D eigenvalue weighted by molar-refractivity contribution is -0.153. The average Bonchev–Trinajstić information content (AvgIpc) is 2.50. The smallest absolute Gasteiger partial charge is 0.177 e. The number of thioether (sulfide) groups is 1. The number of rotatable bonds is 1. The van der Waals surface area contributed by atoms with Gasteiger partial charge in [-0.3, -0.25) is 0 Å². The summed E-state index contributed by atoms with van der Waals surface area (Å²) in [6.07, 6.45) is 2.35. The largest absolute Gasteiger partial charge is 0.346 e. The first-order chi connectivity index (χ1) is 5.85. The Morgan fingerprint density at radius 1 is 1.58 bits per heavy atom. The van der Waals surface area contributed by atoms with Crippen LogP contribution in [0.2, 0.25) is 0 Å². The van der Waals surface area contributed by atoms with Gasteiger partial charge in [0.05, 0.1) is 18.6 Å². The molecule has 2 fully saturated rings. The van der Waals surface area contributed by atoms with Crippen molar-refractivity contribution in [1.29, 1.82) is 0 Å². The molecule has 0 aromatic heterocycles. The minimum absolute atomic E-state index is 0.116. The van der Waals surface area contributed by atoms with Crippen LogP contribution < -0.4 is 0 Å². The molecule has 2 aliphatic rings. The van der Waals surface area contributed by atoms with E-state index in [-0.39, 0.29) is 11.9 Å². The molecule has 2 rings (SSSR count). The van der Waals surface area contributed by atoms with Gasteiger partial charge in [0.15, 0.2) is 5.79 Å². The lowest BCUT2D eigenvalue weighted by Crippen LogP contribution is -2.36. The molecule has 2 nitrogen and oxygen atoms in total. The summed E-state index contributed by atoms with van der Waals surface area (Å²) in [4.78, 5) is 0. The second-order valence-corrected chi connectivity index (χ2v) is 4.69. The van der Waals surface area contributed by atoms with Gasteiger partial charge in [0.1, 0.15) is 0 Å². The van der Waals surface area contributed by atoms with Gasteiger partial charge in [-0.2, -0.15) is 11.8 Å². The van der Waals surface area contributed by atoms with E-state index in [1.807, 2.05) is 11.8 Å². The zero-order valence-corrected chi connectivity index (χ0v) is 8.50. The van der Waals surface area contributed by atoms with E-state index in [9.17, 15) is 0 Å². The predicted octanol–water partition coefficient (Wildman–Crippen LogP) is 1.86. The first-order valence-corrected chi connectivity index (χ1v) is 5.99. The Hall–Kier alpha value is 0.560. The molecule has 2 atom stereocenters. The maximum Gasteiger partial charge on any atom is 0.177 e. The van der Waals surface area contributed by atoms with Gasteiger partial charge in [-0.25, -0.2) is 0 Å². The second-order valence-electron chi connectivity index (χ2n) is 3.27. The van der Waals surface area contributed by atoms with Crippen molar-refractivity contribution in [3.8, 4) is 0 Å². The highest BCUT2D eigenvalue weighted by Gasteiger charge is 2.42. The molecule has 4 heteroatoms. The molecule has 2 saturated heterocycles. The van der Waals surface area contributed by atoms with E-state index < -0.39 is 0 Å². The third-order valence-corrected chi connectivity index (χ3v) is 3.82. The molecule has 0 aromatic carbocycles. The van der Waals surface area contributed by atoms with E-state index >= 15 is 0 Å². The van der Waals surface area contributed by atoms with Crippen LogP contribution in [-0.2, 0) is 9.47 Å². The maximum absolute atomic E-state index is 5.76. The molecule has 0 aliphatic carbocycles. The van der Waals surface area contributed by atoms with Crippen molar-refractivity contribution in [1.82, 2.24) is 0 Å². The molecule has 0 amide bonds. The molecule has 0 radical (unpaired) electrons. The summed E-state index contributed by atoms with van der Waals surface area (Å²) in [6.45, 7) is 0.671. The van der Waals surface area contributed by atoms with E-state index in [1.165, 1.54) is 12.2 Å². The quantitative estimate of drug-likeness (QED) is 0.613. The molecule has 0 N–H and O–H groups in total. The standard InChI is InChI=1S/C8H13ClO2S/c9-4-7-5-10-8(11-7)2-1-3-12-6-8/h7H,1-6H2. The molecule has 0 aromatic rings. The van der Waals surface area contributed by atoms with Crippen molar-refractivity contribution in [3.63, 3.8) is 0 Å². The molecule has 12 heavy (non-hydrogen) atoms. The minimum Gasteiger partial charge on any atom is -0.346 e. The van der Waals surface area contributed by atoms with E-state index in [4.69, 9.17) is 21.1 Å². The van der Waals surface area contributed by atoms with E-state index in [2.05, 4.69) is 0 Å². The van der Waals surface area contributed by atoms with Gasteiger partial charge >= 0.3 is 0 Å². The highest BCUT2D eigenvalue weighted by atomic mass is 35.5. The molecular formula is C8H13ClO2S. The first-order valence-electron chi connectivity index (χ1n) is 4.30. The molecular weight excluding hydrogens is 196 g/mol. The molecule has 0 bridgehead atoms. The fourth-order valence-corrected chi connectivity index (χ4v) is 2.89.